The Labute approximate surface area is 115 Å². The summed E-state index contributed by atoms with van der Waals surface area (Å²) in [5.41, 5.74) is 1.20. The molecule has 0 aromatic carbocycles. The average molecular weight is 264 g/mol. The lowest BCUT2D eigenvalue weighted by Crippen LogP contribution is -2.43. The first-order valence-electron chi connectivity index (χ1n) is 7.41. The Morgan fingerprint density at radius 2 is 2.21 bits per heavy atom. The molecule has 0 bridgehead atoms. The molecule has 2 rings (SSSR count). The van der Waals surface area contributed by atoms with E-state index < -0.39 is 0 Å². The predicted molar refractivity (Wildman–Crippen MR) is 74.5 cm³/mol. The van der Waals surface area contributed by atoms with Crippen molar-refractivity contribution in [3.05, 3.63) is 11.8 Å². The van der Waals surface area contributed by atoms with Gasteiger partial charge in [-0.05, 0) is 52.1 Å². The van der Waals surface area contributed by atoms with E-state index in [1.54, 1.807) is 0 Å². The van der Waals surface area contributed by atoms with E-state index in [2.05, 4.69) is 11.0 Å². The minimum atomic E-state index is 0.200. The smallest absolute Gasteiger partial charge is 0.240 e. The number of carbonyl (C=O) groups is 2. The van der Waals surface area contributed by atoms with Crippen LogP contribution in [0.3, 0.4) is 0 Å². The quantitative estimate of drug-likeness (QED) is 0.711. The lowest BCUT2D eigenvalue weighted by molar-refractivity contribution is -0.130. The van der Waals surface area contributed by atoms with Crippen LogP contribution in [0.25, 0.3) is 0 Å². The summed E-state index contributed by atoms with van der Waals surface area (Å²) in [7, 11) is 0. The third-order valence-electron chi connectivity index (χ3n) is 4.16. The average Bonchev–Trinajstić information content (AvgIpc) is 2.94. The molecule has 1 amide bonds. The Morgan fingerprint density at radius 1 is 1.47 bits per heavy atom. The molecule has 0 saturated carbocycles. The van der Waals surface area contributed by atoms with E-state index in [-0.39, 0.29) is 11.8 Å². The fraction of sp³-hybridized carbons (Fsp3) is 0.733. The van der Waals surface area contributed by atoms with E-state index in [1.165, 1.54) is 12.1 Å². The van der Waals surface area contributed by atoms with Gasteiger partial charge in [0.05, 0.1) is 6.54 Å². The first-order chi connectivity index (χ1) is 9.24. The van der Waals surface area contributed by atoms with Crippen molar-refractivity contribution in [2.75, 3.05) is 26.2 Å². The van der Waals surface area contributed by atoms with Gasteiger partial charge in [0.1, 0.15) is 6.29 Å². The zero-order valence-corrected chi connectivity index (χ0v) is 11.8. The van der Waals surface area contributed by atoms with Gasteiger partial charge in [0, 0.05) is 18.2 Å². The monoisotopic (exact) mass is 264 g/mol. The number of piperidine rings is 1. The molecule has 0 unspecified atom stereocenters. The maximum Gasteiger partial charge on any atom is 0.240 e. The Balaban J connectivity index is 1.84. The van der Waals surface area contributed by atoms with Crippen LogP contribution in [0.4, 0.5) is 0 Å². The molecule has 0 spiro atoms. The van der Waals surface area contributed by atoms with Gasteiger partial charge in [-0.2, -0.15) is 0 Å². The highest BCUT2D eigenvalue weighted by molar-refractivity contribution is 5.80. The number of hydrogen-bond donors (Lipinski definition) is 0. The van der Waals surface area contributed by atoms with Crippen molar-refractivity contribution >= 4 is 12.2 Å². The largest absolute Gasteiger partial charge is 0.316 e. The van der Waals surface area contributed by atoms with Crippen LogP contribution in [0, 0.1) is 5.92 Å². The molecule has 1 aliphatic carbocycles. The molecule has 4 heteroatoms. The first-order valence-corrected chi connectivity index (χ1v) is 7.41. The van der Waals surface area contributed by atoms with Crippen molar-refractivity contribution < 1.29 is 9.59 Å². The van der Waals surface area contributed by atoms with E-state index in [9.17, 15) is 9.59 Å². The lowest BCUT2D eigenvalue weighted by atomic mass is 9.99. The van der Waals surface area contributed by atoms with Gasteiger partial charge < -0.3 is 9.69 Å². The molecule has 0 atom stereocenters. The predicted octanol–water partition coefficient (Wildman–Crippen LogP) is 1.81. The second kappa shape index (κ2) is 6.85. The second-order valence-electron chi connectivity index (χ2n) is 5.48. The Hall–Kier alpha value is -1.16. The summed E-state index contributed by atoms with van der Waals surface area (Å²) in [6.07, 6.45) is 8.35. The molecule has 0 N–H and O–H groups in total. The second-order valence-corrected chi connectivity index (χ2v) is 5.48. The van der Waals surface area contributed by atoms with Gasteiger partial charge in [0.15, 0.2) is 0 Å². The number of hydrogen-bond acceptors (Lipinski definition) is 3. The van der Waals surface area contributed by atoms with Gasteiger partial charge in [-0.15, -0.1) is 0 Å². The molecule has 1 fully saturated rings. The van der Waals surface area contributed by atoms with Gasteiger partial charge in [-0.3, -0.25) is 9.69 Å². The van der Waals surface area contributed by atoms with Gasteiger partial charge in [-0.25, -0.2) is 0 Å². The maximum atomic E-state index is 12.4. The van der Waals surface area contributed by atoms with Gasteiger partial charge >= 0.3 is 0 Å². The third kappa shape index (κ3) is 3.66. The molecule has 19 heavy (non-hydrogen) atoms. The SMILES string of the molecule is CCN(C(=O)CN1CCC(C=O)CC1)C1=CCCC1. The fourth-order valence-corrected chi connectivity index (χ4v) is 2.96. The topological polar surface area (TPSA) is 40.6 Å². The highest BCUT2D eigenvalue weighted by atomic mass is 16.2. The minimum Gasteiger partial charge on any atom is -0.316 e. The zero-order valence-electron chi connectivity index (χ0n) is 11.8. The highest BCUT2D eigenvalue weighted by Gasteiger charge is 2.24. The van der Waals surface area contributed by atoms with Crippen LogP contribution in [0.5, 0.6) is 0 Å². The summed E-state index contributed by atoms with van der Waals surface area (Å²) < 4.78 is 0. The molecule has 1 heterocycles. The van der Waals surface area contributed by atoms with Gasteiger partial charge in [0.2, 0.25) is 5.91 Å². The van der Waals surface area contributed by atoms with Crippen molar-refractivity contribution in [3.63, 3.8) is 0 Å². The van der Waals surface area contributed by atoms with Gasteiger partial charge in [0.25, 0.3) is 0 Å². The molecule has 1 saturated heterocycles. The summed E-state index contributed by atoms with van der Waals surface area (Å²) in [5.74, 6) is 0.409. The standard InChI is InChI=1S/C15H24N2O2/c1-2-17(14-5-3-4-6-14)15(19)11-16-9-7-13(12-18)8-10-16/h5,12-13H,2-4,6-11H2,1H3. The Kier molecular flexibility index (Phi) is 5.14. The van der Waals surface area contributed by atoms with Crippen molar-refractivity contribution in [1.82, 2.24) is 9.80 Å². The number of nitrogens with zero attached hydrogens (tertiary/aromatic N) is 2. The first kappa shape index (κ1) is 14.3. The molecule has 0 radical (unpaired) electrons. The van der Waals surface area contributed by atoms with Crippen LogP contribution in [0.2, 0.25) is 0 Å². The summed E-state index contributed by atoms with van der Waals surface area (Å²) in [6.45, 7) is 5.03. The number of aldehydes is 1. The summed E-state index contributed by atoms with van der Waals surface area (Å²) in [5, 5.41) is 0. The van der Waals surface area contributed by atoms with Crippen LogP contribution in [-0.4, -0.2) is 48.2 Å². The summed E-state index contributed by atoms with van der Waals surface area (Å²) in [4.78, 5) is 27.2. The van der Waals surface area contributed by atoms with Crippen LogP contribution >= 0.6 is 0 Å². The molecule has 4 nitrogen and oxygen atoms in total. The lowest BCUT2D eigenvalue weighted by Gasteiger charge is -2.31. The third-order valence-corrected chi connectivity index (χ3v) is 4.16. The zero-order chi connectivity index (χ0) is 13.7. The van der Waals surface area contributed by atoms with Crippen LogP contribution in [0.15, 0.2) is 11.8 Å². The van der Waals surface area contributed by atoms with Gasteiger partial charge in [-0.1, -0.05) is 6.08 Å². The Bertz CT molecular complexity index is 357. The normalized spacial score (nSPS) is 21.2. The summed E-state index contributed by atoms with van der Waals surface area (Å²) >= 11 is 0. The van der Waals surface area contributed by atoms with Crippen molar-refractivity contribution in [2.45, 2.75) is 39.0 Å². The molecule has 1 aliphatic heterocycles. The van der Waals surface area contributed by atoms with E-state index >= 15 is 0 Å². The van der Waals surface area contributed by atoms with E-state index in [1.807, 2.05) is 11.8 Å². The summed E-state index contributed by atoms with van der Waals surface area (Å²) in [6, 6.07) is 0. The fourth-order valence-electron chi connectivity index (χ4n) is 2.96. The maximum absolute atomic E-state index is 12.4. The van der Waals surface area contributed by atoms with Crippen LogP contribution < -0.4 is 0 Å². The molecular formula is C15H24N2O2. The number of amides is 1. The molecule has 0 aromatic heterocycles. The number of likely N-dealkylation sites (tertiary alicyclic amines) is 1. The van der Waals surface area contributed by atoms with Crippen LogP contribution in [0.1, 0.15) is 39.0 Å². The molecule has 0 aromatic rings. The van der Waals surface area contributed by atoms with Crippen molar-refractivity contribution in [3.8, 4) is 0 Å². The van der Waals surface area contributed by atoms with E-state index in [4.69, 9.17) is 0 Å². The molecule has 106 valence electrons. The number of allylic oxidation sites excluding steroid dienone is 2. The van der Waals surface area contributed by atoms with E-state index in [0.29, 0.717) is 6.54 Å². The van der Waals surface area contributed by atoms with Crippen LogP contribution in [-0.2, 0) is 9.59 Å². The number of carbonyl (C=O) groups excluding carboxylic acids is 2. The minimum absolute atomic E-state index is 0.200. The van der Waals surface area contributed by atoms with Crippen molar-refractivity contribution in [2.24, 2.45) is 5.92 Å². The number of rotatable bonds is 5. The van der Waals surface area contributed by atoms with Crippen molar-refractivity contribution in [1.29, 1.82) is 0 Å². The highest BCUT2D eigenvalue weighted by Crippen LogP contribution is 2.22. The molecule has 2 aliphatic rings. The number of likely N-dealkylation sites (N-methyl/N-ethyl adjacent to an activating group) is 1. The Morgan fingerprint density at radius 3 is 2.74 bits per heavy atom. The van der Waals surface area contributed by atoms with E-state index in [0.717, 1.165) is 51.6 Å². The molecular weight excluding hydrogens is 240 g/mol.